The third-order valence-corrected chi connectivity index (χ3v) is 1.83. The highest BCUT2D eigenvalue weighted by Gasteiger charge is 1.94. The Balaban J connectivity index is 0.000000145. The average Bonchev–Trinajstić information content (AvgIpc) is 2.59. The number of benzene rings is 1. The van der Waals surface area contributed by atoms with Gasteiger partial charge in [0.15, 0.2) is 0 Å². The first kappa shape index (κ1) is 10.1. The van der Waals surface area contributed by atoms with E-state index in [0.29, 0.717) is 5.75 Å². The van der Waals surface area contributed by atoms with Crippen LogP contribution in [0.2, 0.25) is 0 Å². The Kier molecular flexibility index (Phi) is 4.33. The summed E-state index contributed by atoms with van der Waals surface area (Å²) < 4.78 is 4.94. The molecule has 1 aromatic rings. The molecule has 72 valence electrons. The number of hydrogen-bond donors (Lipinski definition) is 1. The van der Waals surface area contributed by atoms with Gasteiger partial charge < -0.3 is 9.84 Å². The molecular weight excluding hydrogens is 164 g/mol. The first-order valence-corrected chi connectivity index (χ1v) is 4.62. The van der Waals surface area contributed by atoms with E-state index in [0.717, 1.165) is 18.8 Å². The Morgan fingerprint density at radius 2 is 1.92 bits per heavy atom. The molecule has 0 aromatic heterocycles. The first-order valence-electron chi connectivity index (χ1n) is 4.62. The highest BCUT2D eigenvalue weighted by Crippen LogP contribution is 2.08. The van der Waals surface area contributed by atoms with Gasteiger partial charge in [0.2, 0.25) is 0 Å². The van der Waals surface area contributed by atoms with Gasteiger partial charge in [-0.1, -0.05) is 12.1 Å². The summed E-state index contributed by atoms with van der Waals surface area (Å²) in [6, 6.07) is 7.15. The molecule has 2 rings (SSSR count). The second-order valence-corrected chi connectivity index (χ2v) is 3.16. The lowest BCUT2D eigenvalue weighted by molar-refractivity contribution is 0.198. The number of phenols is 1. The third kappa shape index (κ3) is 4.53. The predicted molar refractivity (Wildman–Crippen MR) is 52.9 cm³/mol. The number of aromatic hydroxyl groups is 1. The van der Waals surface area contributed by atoms with Gasteiger partial charge >= 0.3 is 0 Å². The Morgan fingerprint density at radius 1 is 1.23 bits per heavy atom. The maximum atomic E-state index is 8.81. The maximum absolute atomic E-state index is 8.81. The molecule has 0 radical (unpaired) electrons. The van der Waals surface area contributed by atoms with E-state index in [1.807, 2.05) is 19.1 Å². The van der Waals surface area contributed by atoms with Crippen molar-refractivity contribution in [3.8, 4) is 5.75 Å². The molecule has 0 unspecified atom stereocenters. The molecule has 1 saturated heterocycles. The van der Waals surface area contributed by atoms with Crippen LogP contribution in [-0.2, 0) is 4.74 Å². The zero-order chi connectivity index (χ0) is 9.52. The summed E-state index contributed by atoms with van der Waals surface area (Å²) in [4.78, 5) is 0. The van der Waals surface area contributed by atoms with Crippen molar-refractivity contribution in [2.45, 2.75) is 19.8 Å². The molecule has 0 aliphatic carbocycles. The summed E-state index contributed by atoms with van der Waals surface area (Å²) in [5.74, 6) is 0.338. The topological polar surface area (TPSA) is 29.5 Å². The lowest BCUT2D eigenvalue weighted by atomic mass is 10.2. The van der Waals surface area contributed by atoms with Crippen LogP contribution in [0, 0.1) is 6.92 Å². The van der Waals surface area contributed by atoms with Crippen LogP contribution in [0.4, 0.5) is 0 Å². The molecule has 0 spiro atoms. The number of aryl methyl sites for hydroxylation is 1. The highest BCUT2D eigenvalue weighted by atomic mass is 16.5. The normalized spacial score (nSPS) is 14.8. The molecule has 0 amide bonds. The molecule has 1 N–H and O–H groups in total. The van der Waals surface area contributed by atoms with Crippen molar-refractivity contribution in [1.29, 1.82) is 0 Å². The van der Waals surface area contributed by atoms with E-state index in [9.17, 15) is 0 Å². The largest absolute Gasteiger partial charge is 0.508 e. The van der Waals surface area contributed by atoms with Gasteiger partial charge in [-0.3, -0.25) is 0 Å². The summed E-state index contributed by atoms with van der Waals surface area (Å²) >= 11 is 0. The van der Waals surface area contributed by atoms with Gasteiger partial charge in [0.25, 0.3) is 0 Å². The first-order chi connectivity index (χ1) is 6.29. The average molecular weight is 180 g/mol. The van der Waals surface area contributed by atoms with E-state index in [1.165, 1.54) is 12.8 Å². The van der Waals surface area contributed by atoms with Gasteiger partial charge in [-0.05, 0) is 37.5 Å². The fourth-order valence-electron chi connectivity index (χ4n) is 1.14. The van der Waals surface area contributed by atoms with Crippen LogP contribution in [0.15, 0.2) is 24.3 Å². The summed E-state index contributed by atoms with van der Waals surface area (Å²) in [6.07, 6.45) is 2.56. The van der Waals surface area contributed by atoms with Crippen LogP contribution in [0.3, 0.4) is 0 Å². The van der Waals surface area contributed by atoms with Crippen molar-refractivity contribution in [2.75, 3.05) is 13.2 Å². The summed E-state index contributed by atoms with van der Waals surface area (Å²) in [7, 11) is 0. The van der Waals surface area contributed by atoms with Gasteiger partial charge in [-0.25, -0.2) is 0 Å². The minimum absolute atomic E-state index is 0.338. The SMILES string of the molecule is C1CCOC1.Cc1cccc(O)c1. The Bertz CT molecular complexity index is 217. The molecule has 1 heterocycles. The van der Waals surface area contributed by atoms with E-state index in [-0.39, 0.29) is 0 Å². The van der Waals surface area contributed by atoms with Crippen molar-refractivity contribution in [3.63, 3.8) is 0 Å². The molecule has 0 atom stereocenters. The van der Waals surface area contributed by atoms with Crippen molar-refractivity contribution in [1.82, 2.24) is 0 Å². The van der Waals surface area contributed by atoms with Crippen LogP contribution in [-0.4, -0.2) is 18.3 Å². The predicted octanol–water partition coefficient (Wildman–Crippen LogP) is 2.50. The zero-order valence-corrected chi connectivity index (χ0v) is 7.99. The van der Waals surface area contributed by atoms with Crippen LogP contribution in [0.5, 0.6) is 5.75 Å². The van der Waals surface area contributed by atoms with Crippen molar-refractivity contribution in [2.24, 2.45) is 0 Å². The molecule has 0 saturated carbocycles. The van der Waals surface area contributed by atoms with Gasteiger partial charge in [0.05, 0.1) is 0 Å². The van der Waals surface area contributed by atoms with Crippen LogP contribution >= 0.6 is 0 Å². The molecule has 13 heavy (non-hydrogen) atoms. The number of hydrogen-bond acceptors (Lipinski definition) is 2. The Morgan fingerprint density at radius 3 is 2.23 bits per heavy atom. The Hall–Kier alpha value is -1.02. The van der Waals surface area contributed by atoms with Gasteiger partial charge in [0, 0.05) is 13.2 Å². The maximum Gasteiger partial charge on any atom is 0.115 e. The minimum Gasteiger partial charge on any atom is -0.508 e. The zero-order valence-electron chi connectivity index (χ0n) is 7.99. The van der Waals surface area contributed by atoms with Crippen molar-refractivity contribution < 1.29 is 9.84 Å². The van der Waals surface area contributed by atoms with Crippen molar-refractivity contribution >= 4 is 0 Å². The van der Waals surface area contributed by atoms with Crippen LogP contribution in [0.25, 0.3) is 0 Å². The molecular formula is C11H16O2. The van der Waals surface area contributed by atoms with E-state index < -0.39 is 0 Å². The molecule has 2 heteroatoms. The molecule has 2 nitrogen and oxygen atoms in total. The Labute approximate surface area is 79.2 Å². The molecule has 1 fully saturated rings. The second kappa shape index (κ2) is 5.60. The fourth-order valence-corrected chi connectivity index (χ4v) is 1.14. The quantitative estimate of drug-likeness (QED) is 0.664. The molecule has 1 aliphatic rings. The monoisotopic (exact) mass is 180 g/mol. The van der Waals surface area contributed by atoms with Gasteiger partial charge in [-0.15, -0.1) is 0 Å². The van der Waals surface area contributed by atoms with E-state index in [4.69, 9.17) is 9.84 Å². The lowest BCUT2D eigenvalue weighted by Crippen LogP contribution is -1.74. The van der Waals surface area contributed by atoms with Gasteiger partial charge in [0.1, 0.15) is 5.75 Å². The number of rotatable bonds is 0. The van der Waals surface area contributed by atoms with Gasteiger partial charge in [-0.2, -0.15) is 0 Å². The molecule has 1 aromatic carbocycles. The molecule has 1 aliphatic heterocycles. The summed E-state index contributed by atoms with van der Waals surface area (Å²) in [5.41, 5.74) is 1.09. The third-order valence-electron chi connectivity index (χ3n) is 1.83. The summed E-state index contributed by atoms with van der Waals surface area (Å²) in [6.45, 7) is 3.94. The lowest BCUT2D eigenvalue weighted by Gasteiger charge is -1.89. The molecule has 0 bridgehead atoms. The number of ether oxygens (including phenoxy) is 1. The minimum atomic E-state index is 0.338. The van der Waals surface area contributed by atoms with E-state index in [1.54, 1.807) is 12.1 Å². The smallest absolute Gasteiger partial charge is 0.115 e. The van der Waals surface area contributed by atoms with E-state index >= 15 is 0 Å². The van der Waals surface area contributed by atoms with Crippen LogP contribution < -0.4 is 0 Å². The highest BCUT2D eigenvalue weighted by molar-refractivity contribution is 5.25. The summed E-state index contributed by atoms with van der Waals surface area (Å²) in [5, 5.41) is 8.81. The van der Waals surface area contributed by atoms with E-state index in [2.05, 4.69) is 0 Å². The second-order valence-electron chi connectivity index (χ2n) is 3.16. The van der Waals surface area contributed by atoms with Crippen molar-refractivity contribution in [3.05, 3.63) is 29.8 Å². The van der Waals surface area contributed by atoms with Crippen LogP contribution in [0.1, 0.15) is 18.4 Å². The standard InChI is InChI=1S/C7H8O.C4H8O/c1-6-3-2-4-7(8)5-6;1-2-4-5-3-1/h2-5,8H,1H3;1-4H2. The fraction of sp³-hybridized carbons (Fsp3) is 0.455. The number of phenolic OH excluding ortho intramolecular Hbond substituents is 1.